The standard InChI is InChI=1S/C25H27N5O6/c1-15-21(22(32)30(28(15)3)17-9-7-6-8-10-17)26-20(31)14-29-23(33)25(2,27-24(29)34)16-11-12-18(35-4)19(13-16)36-5/h6-13H,14H2,1-5H3,(H,26,31)(H,27,34)/t25-/m1/s1. The zero-order valence-electron chi connectivity index (χ0n) is 20.6. The molecule has 3 aromatic rings. The summed E-state index contributed by atoms with van der Waals surface area (Å²) in [7, 11) is 4.66. The molecule has 2 heterocycles. The predicted molar refractivity (Wildman–Crippen MR) is 132 cm³/mol. The van der Waals surface area contributed by atoms with E-state index in [1.165, 1.54) is 18.9 Å². The molecular formula is C25H27N5O6. The highest BCUT2D eigenvalue weighted by atomic mass is 16.5. The van der Waals surface area contributed by atoms with E-state index in [9.17, 15) is 19.2 Å². The minimum atomic E-state index is -1.42. The van der Waals surface area contributed by atoms with E-state index in [4.69, 9.17) is 9.47 Å². The smallest absolute Gasteiger partial charge is 0.325 e. The molecule has 4 rings (SSSR count). The van der Waals surface area contributed by atoms with Crippen molar-refractivity contribution in [1.82, 2.24) is 19.6 Å². The van der Waals surface area contributed by atoms with Crippen molar-refractivity contribution in [3.8, 4) is 17.2 Å². The molecule has 1 fully saturated rings. The van der Waals surface area contributed by atoms with E-state index in [1.54, 1.807) is 68.0 Å². The van der Waals surface area contributed by atoms with Crippen LogP contribution in [0.4, 0.5) is 10.5 Å². The number of nitrogens with zero attached hydrogens (tertiary/aromatic N) is 3. The molecule has 0 unspecified atom stereocenters. The summed E-state index contributed by atoms with van der Waals surface area (Å²) in [5, 5.41) is 5.23. The van der Waals surface area contributed by atoms with Crippen molar-refractivity contribution in [1.29, 1.82) is 0 Å². The Morgan fingerprint density at radius 2 is 1.69 bits per heavy atom. The van der Waals surface area contributed by atoms with Crippen molar-refractivity contribution in [2.24, 2.45) is 7.05 Å². The number of methoxy groups -OCH3 is 2. The third kappa shape index (κ3) is 3.98. The van der Waals surface area contributed by atoms with Gasteiger partial charge in [0.15, 0.2) is 11.5 Å². The molecule has 36 heavy (non-hydrogen) atoms. The average Bonchev–Trinajstić information content (AvgIpc) is 3.22. The Morgan fingerprint density at radius 1 is 1.03 bits per heavy atom. The summed E-state index contributed by atoms with van der Waals surface area (Å²) < 4.78 is 13.6. The summed E-state index contributed by atoms with van der Waals surface area (Å²) in [5.74, 6) is -0.427. The Hall–Kier alpha value is -4.54. The maximum absolute atomic E-state index is 13.3. The van der Waals surface area contributed by atoms with Crippen LogP contribution in [0, 0.1) is 6.92 Å². The van der Waals surface area contributed by atoms with Crippen LogP contribution in [-0.4, -0.2) is 52.9 Å². The monoisotopic (exact) mass is 493 g/mol. The lowest BCUT2D eigenvalue weighted by Gasteiger charge is -2.23. The number of hydrogen-bond donors (Lipinski definition) is 2. The molecule has 0 aliphatic carbocycles. The van der Waals surface area contributed by atoms with Gasteiger partial charge in [-0.15, -0.1) is 0 Å². The minimum absolute atomic E-state index is 0.0704. The molecular weight excluding hydrogens is 466 g/mol. The van der Waals surface area contributed by atoms with Crippen molar-refractivity contribution in [3.05, 3.63) is 70.1 Å². The first-order valence-corrected chi connectivity index (χ1v) is 11.1. The fraction of sp³-hybridized carbons (Fsp3) is 0.280. The van der Waals surface area contributed by atoms with Crippen molar-refractivity contribution >= 4 is 23.5 Å². The van der Waals surface area contributed by atoms with Crippen LogP contribution in [0.3, 0.4) is 0 Å². The number of nitrogens with one attached hydrogen (secondary N) is 2. The highest BCUT2D eigenvalue weighted by Gasteiger charge is 2.49. The van der Waals surface area contributed by atoms with E-state index in [-0.39, 0.29) is 5.69 Å². The Morgan fingerprint density at radius 3 is 2.33 bits per heavy atom. The number of carbonyl (C=O) groups excluding carboxylic acids is 3. The molecule has 0 radical (unpaired) electrons. The normalized spacial score (nSPS) is 17.2. The lowest BCUT2D eigenvalue weighted by molar-refractivity contribution is -0.133. The molecule has 1 aliphatic rings. The van der Waals surface area contributed by atoms with E-state index in [0.717, 1.165) is 4.90 Å². The highest BCUT2D eigenvalue weighted by molar-refractivity contribution is 6.10. The molecule has 11 heteroatoms. The maximum atomic E-state index is 13.3. The van der Waals surface area contributed by atoms with Gasteiger partial charge in [0.05, 0.1) is 25.6 Å². The molecule has 188 valence electrons. The number of anilines is 1. The third-order valence-electron chi connectivity index (χ3n) is 6.36. The van der Waals surface area contributed by atoms with Gasteiger partial charge in [-0.3, -0.25) is 24.0 Å². The third-order valence-corrected chi connectivity index (χ3v) is 6.36. The summed E-state index contributed by atoms with van der Waals surface area (Å²) in [6.07, 6.45) is 0. The Kier molecular flexibility index (Phi) is 6.32. The van der Waals surface area contributed by atoms with Crippen molar-refractivity contribution < 1.29 is 23.9 Å². The second-order valence-corrected chi connectivity index (χ2v) is 8.50. The summed E-state index contributed by atoms with van der Waals surface area (Å²) in [5.41, 5.74) is -0.161. The summed E-state index contributed by atoms with van der Waals surface area (Å²) in [4.78, 5) is 52.7. The topological polar surface area (TPSA) is 124 Å². The number of urea groups is 1. The van der Waals surface area contributed by atoms with E-state index < -0.39 is 35.5 Å². The average molecular weight is 494 g/mol. The lowest BCUT2D eigenvalue weighted by Crippen LogP contribution is -2.42. The second kappa shape index (κ2) is 9.25. The first kappa shape index (κ1) is 24.6. The largest absolute Gasteiger partial charge is 0.493 e. The van der Waals surface area contributed by atoms with Crippen LogP contribution >= 0.6 is 0 Å². The van der Waals surface area contributed by atoms with E-state index in [0.29, 0.717) is 28.4 Å². The summed E-state index contributed by atoms with van der Waals surface area (Å²) in [6, 6.07) is 13.1. The number of ether oxygens (including phenoxy) is 2. The van der Waals surface area contributed by atoms with E-state index in [2.05, 4.69) is 10.6 Å². The minimum Gasteiger partial charge on any atom is -0.493 e. The van der Waals surface area contributed by atoms with Crippen LogP contribution in [0.25, 0.3) is 5.69 Å². The van der Waals surface area contributed by atoms with Gasteiger partial charge in [0.1, 0.15) is 17.8 Å². The molecule has 0 saturated carbocycles. The predicted octanol–water partition coefficient (Wildman–Crippen LogP) is 1.91. The number of amides is 4. The number of imide groups is 1. The van der Waals surface area contributed by atoms with E-state index in [1.807, 2.05) is 6.07 Å². The van der Waals surface area contributed by atoms with Gasteiger partial charge >= 0.3 is 6.03 Å². The number of aromatic nitrogens is 2. The van der Waals surface area contributed by atoms with Gasteiger partial charge < -0.3 is 20.1 Å². The van der Waals surface area contributed by atoms with Gasteiger partial charge in [-0.05, 0) is 43.7 Å². The molecule has 1 aliphatic heterocycles. The van der Waals surface area contributed by atoms with Crippen LogP contribution in [0.2, 0.25) is 0 Å². The van der Waals surface area contributed by atoms with Gasteiger partial charge in [0.2, 0.25) is 5.91 Å². The Labute approximate surface area is 207 Å². The molecule has 2 N–H and O–H groups in total. The molecule has 1 aromatic heterocycles. The number of para-hydroxylation sites is 1. The van der Waals surface area contributed by atoms with Crippen molar-refractivity contribution in [2.45, 2.75) is 19.4 Å². The molecule has 11 nitrogen and oxygen atoms in total. The van der Waals surface area contributed by atoms with Gasteiger partial charge in [0.25, 0.3) is 11.5 Å². The summed E-state index contributed by atoms with van der Waals surface area (Å²) in [6.45, 7) is 2.68. The van der Waals surface area contributed by atoms with Crippen LogP contribution < -0.4 is 25.7 Å². The number of carbonyl (C=O) groups is 3. The lowest BCUT2D eigenvalue weighted by atomic mass is 9.91. The van der Waals surface area contributed by atoms with Crippen LogP contribution in [0.15, 0.2) is 53.3 Å². The number of hydrogen-bond acceptors (Lipinski definition) is 6. The molecule has 0 spiro atoms. The summed E-state index contributed by atoms with van der Waals surface area (Å²) >= 11 is 0. The molecule has 1 atom stereocenters. The van der Waals surface area contributed by atoms with Gasteiger partial charge in [-0.1, -0.05) is 24.3 Å². The van der Waals surface area contributed by atoms with Crippen LogP contribution in [-0.2, 0) is 22.2 Å². The molecule has 4 amide bonds. The fourth-order valence-electron chi connectivity index (χ4n) is 4.22. The molecule has 1 saturated heterocycles. The molecule has 2 aromatic carbocycles. The fourth-order valence-corrected chi connectivity index (χ4v) is 4.22. The van der Waals surface area contributed by atoms with Crippen LogP contribution in [0.5, 0.6) is 11.5 Å². The second-order valence-electron chi connectivity index (χ2n) is 8.50. The highest BCUT2D eigenvalue weighted by Crippen LogP contribution is 2.35. The first-order chi connectivity index (χ1) is 17.1. The van der Waals surface area contributed by atoms with Crippen LogP contribution in [0.1, 0.15) is 18.2 Å². The van der Waals surface area contributed by atoms with E-state index >= 15 is 0 Å². The Bertz CT molecular complexity index is 1410. The number of benzene rings is 2. The van der Waals surface area contributed by atoms with Gasteiger partial charge in [-0.25, -0.2) is 9.48 Å². The van der Waals surface area contributed by atoms with Gasteiger partial charge in [0, 0.05) is 7.05 Å². The van der Waals surface area contributed by atoms with Gasteiger partial charge in [-0.2, -0.15) is 0 Å². The SMILES string of the molecule is COc1ccc([C@@]2(C)NC(=O)N(CC(=O)Nc3c(C)n(C)n(-c4ccccc4)c3=O)C2=O)cc1OC. The Balaban J connectivity index is 1.56. The first-order valence-electron chi connectivity index (χ1n) is 11.1. The zero-order chi connectivity index (χ0) is 26.2. The number of rotatable bonds is 7. The maximum Gasteiger partial charge on any atom is 0.325 e. The quantitative estimate of drug-likeness (QED) is 0.485. The zero-order valence-corrected chi connectivity index (χ0v) is 20.6. The molecule has 0 bridgehead atoms. The van der Waals surface area contributed by atoms with Crippen molar-refractivity contribution in [2.75, 3.05) is 26.1 Å². The van der Waals surface area contributed by atoms with Crippen molar-refractivity contribution in [3.63, 3.8) is 0 Å².